The van der Waals surface area contributed by atoms with Gasteiger partial charge in [-0.2, -0.15) is 0 Å². The van der Waals surface area contributed by atoms with Gasteiger partial charge in [-0.1, -0.05) is 0 Å². The second kappa shape index (κ2) is 5.65. The highest BCUT2D eigenvalue weighted by Crippen LogP contribution is 2.31. The summed E-state index contributed by atoms with van der Waals surface area (Å²) in [7, 11) is 3.35. The van der Waals surface area contributed by atoms with E-state index in [1.807, 2.05) is 30.3 Å². The fourth-order valence-corrected chi connectivity index (χ4v) is 1.89. The minimum atomic E-state index is 0.845. The van der Waals surface area contributed by atoms with Gasteiger partial charge in [0.25, 0.3) is 0 Å². The number of ether oxygens (including phenoxy) is 2. The summed E-state index contributed by atoms with van der Waals surface area (Å²) in [5, 5.41) is 3.36. The smallest absolute Gasteiger partial charge is 0.142 e. The van der Waals surface area contributed by atoms with Gasteiger partial charge in [-0.3, -0.25) is 0 Å². The lowest BCUT2D eigenvalue weighted by atomic mass is 10.1. The van der Waals surface area contributed by atoms with E-state index in [1.165, 1.54) is 11.1 Å². The molecule has 0 saturated heterocycles. The molecule has 0 spiro atoms. The van der Waals surface area contributed by atoms with Crippen LogP contribution in [0.3, 0.4) is 0 Å². The van der Waals surface area contributed by atoms with Crippen molar-refractivity contribution in [3.8, 4) is 11.5 Å². The van der Waals surface area contributed by atoms with Gasteiger partial charge in [0.05, 0.1) is 19.9 Å². The van der Waals surface area contributed by atoms with E-state index in [9.17, 15) is 0 Å². The quantitative estimate of drug-likeness (QED) is 0.895. The number of anilines is 2. The first-order chi connectivity index (χ1) is 9.13. The second-order valence-corrected chi connectivity index (χ2v) is 4.49. The topological polar surface area (TPSA) is 30.5 Å². The fourth-order valence-electron chi connectivity index (χ4n) is 1.89. The maximum Gasteiger partial charge on any atom is 0.142 e. The molecule has 0 bridgehead atoms. The van der Waals surface area contributed by atoms with E-state index >= 15 is 0 Å². The van der Waals surface area contributed by atoms with E-state index in [0.717, 1.165) is 22.9 Å². The largest absolute Gasteiger partial charge is 0.497 e. The third-order valence-electron chi connectivity index (χ3n) is 3.18. The number of methoxy groups -OCH3 is 2. The molecule has 0 aliphatic carbocycles. The predicted octanol–water partition coefficient (Wildman–Crippen LogP) is 4.06. The summed E-state index contributed by atoms with van der Waals surface area (Å²) >= 11 is 0. The Hall–Kier alpha value is -2.16. The summed E-state index contributed by atoms with van der Waals surface area (Å²) in [6, 6.07) is 12.0. The lowest BCUT2D eigenvalue weighted by Crippen LogP contribution is -1.96. The molecule has 0 fully saturated rings. The number of nitrogens with one attached hydrogen (secondary N) is 1. The molecule has 0 radical (unpaired) electrons. The lowest BCUT2D eigenvalue weighted by Gasteiger charge is -2.14. The van der Waals surface area contributed by atoms with Gasteiger partial charge in [-0.25, -0.2) is 0 Å². The third kappa shape index (κ3) is 2.99. The van der Waals surface area contributed by atoms with Crippen molar-refractivity contribution in [1.82, 2.24) is 0 Å². The van der Waals surface area contributed by atoms with Gasteiger partial charge in [0.1, 0.15) is 11.5 Å². The molecule has 0 aromatic heterocycles. The van der Waals surface area contributed by atoms with Crippen molar-refractivity contribution >= 4 is 11.4 Å². The molecule has 2 aromatic rings. The van der Waals surface area contributed by atoms with Crippen LogP contribution in [0, 0.1) is 13.8 Å². The molecule has 2 rings (SSSR count). The van der Waals surface area contributed by atoms with Crippen LogP contribution in [0.25, 0.3) is 0 Å². The van der Waals surface area contributed by atoms with Crippen LogP contribution in [0.4, 0.5) is 11.4 Å². The molecule has 2 aromatic carbocycles. The first kappa shape index (κ1) is 13.3. The van der Waals surface area contributed by atoms with Crippen molar-refractivity contribution < 1.29 is 9.47 Å². The Kier molecular flexibility index (Phi) is 3.95. The average Bonchev–Trinajstić information content (AvgIpc) is 2.43. The molecule has 3 heteroatoms. The molecule has 0 amide bonds. The first-order valence-electron chi connectivity index (χ1n) is 6.20. The van der Waals surface area contributed by atoms with Crippen molar-refractivity contribution in [1.29, 1.82) is 0 Å². The van der Waals surface area contributed by atoms with E-state index in [2.05, 4.69) is 25.2 Å². The highest BCUT2D eigenvalue weighted by Gasteiger charge is 2.06. The summed E-state index contributed by atoms with van der Waals surface area (Å²) in [4.78, 5) is 0. The monoisotopic (exact) mass is 257 g/mol. The van der Waals surface area contributed by atoms with Gasteiger partial charge < -0.3 is 14.8 Å². The lowest BCUT2D eigenvalue weighted by molar-refractivity contribution is 0.415. The van der Waals surface area contributed by atoms with E-state index in [4.69, 9.17) is 9.47 Å². The Morgan fingerprint density at radius 3 is 2.05 bits per heavy atom. The van der Waals surface area contributed by atoms with E-state index in [1.54, 1.807) is 14.2 Å². The molecule has 0 aliphatic heterocycles. The van der Waals surface area contributed by atoms with Crippen molar-refractivity contribution in [2.45, 2.75) is 13.8 Å². The van der Waals surface area contributed by atoms with Crippen LogP contribution in [0.2, 0.25) is 0 Å². The molecule has 0 atom stereocenters. The van der Waals surface area contributed by atoms with Crippen LogP contribution in [-0.2, 0) is 0 Å². The zero-order valence-corrected chi connectivity index (χ0v) is 11.8. The van der Waals surface area contributed by atoms with Crippen molar-refractivity contribution in [2.24, 2.45) is 0 Å². The van der Waals surface area contributed by atoms with E-state index in [-0.39, 0.29) is 0 Å². The van der Waals surface area contributed by atoms with Gasteiger partial charge >= 0.3 is 0 Å². The molecule has 0 aliphatic rings. The Morgan fingerprint density at radius 1 is 0.842 bits per heavy atom. The predicted molar refractivity (Wildman–Crippen MR) is 78.7 cm³/mol. The van der Waals surface area contributed by atoms with Crippen LogP contribution in [0.1, 0.15) is 11.1 Å². The average molecular weight is 257 g/mol. The Labute approximate surface area is 114 Å². The zero-order chi connectivity index (χ0) is 13.8. The highest BCUT2D eigenvalue weighted by atomic mass is 16.5. The number of hydrogen-bond donors (Lipinski definition) is 1. The summed E-state index contributed by atoms with van der Waals surface area (Å²) in [6.07, 6.45) is 0. The number of benzene rings is 2. The van der Waals surface area contributed by atoms with Crippen LogP contribution in [0.15, 0.2) is 36.4 Å². The summed E-state index contributed by atoms with van der Waals surface area (Å²) in [6.45, 7) is 4.17. The van der Waals surface area contributed by atoms with Crippen molar-refractivity contribution in [3.63, 3.8) is 0 Å². The van der Waals surface area contributed by atoms with Gasteiger partial charge in [0.2, 0.25) is 0 Å². The standard InChI is InChI=1S/C16H19NO2/c1-11-9-15(16(19-4)10-12(11)2)17-13-5-7-14(18-3)8-6-13/h5-10,17H,1-4H3. The van der Waals surface area contributed by atoms with E-state index in [0.29, 0.717) is 0 Å². The fraction of sp³-hybridized carbons (Fsp3) is 0.250. The Morgan fingerprint density at radius 2 is 1.47 bits per heavy atom. The molecule has 0 unspecified atom stereocenters. The number of rotatable bonds is 4. The molecule has 19 heavy (non-hydrogen) atoms. The number of aryl methyl sites for hydroxylation is 2. The zero-order valence-electron chi connectivity index (χ0n) is 11.8. The summed E-state index contributed by atoms with van der Waals surface area (Å²) in [5.74, 6) is 1.69. The van der Waals surface area contributed by atoms with Gasteiger partial charge in [0.15, 0.2) is 0 Å². The minimum Gasteiger partial charge on any atom is -0.497 e. The Balaban J connectivity index is 2.28. The van der Waals surface area contributed by atoms with Crippen LogP contribution in [0.5, 0.6) is 11.5 Å². The molecular formula is C16H19NO2. The second-order valence-electron chi connectivity index (χ2n) is 4.49. The SMILES string of the molecule is COc1ccc(Nc2cc(C)c(C)cc2OC)cc1. The minimum absolute atomic E-state index is 0.845. The molecule has 1 N–H and O–H groups in total. The first-order valence-corrected chi connectivity index (χ1v) is 6.20. The van der Waals surface area contributed by atoms with Gasteiger partial charge in [-0.05, 0) is 61.4 Å². The van der Waals surface area contributed by atoms with Gasteiger partial charge in [0, 0.05) is 5.69 Å². The van der Waals surface area contributed by atoms with Crippen LogP contribution < -0.4 is 14.8 Å². The molecule has 0 saturated carbocycles. The molecular weight excluding hydrogens is 238 g/mol. The van der Waals surface area contributed by atoms with Crippen molar-refractivity contribution in [2.75, 3.05) is 19.5 Å². The summed E-state index contributed by atoms with van der Waals surface area (Å²) in [5.41, 5.74) is 4.42. The molecule has 3 nitrogen and oxygen atoms in total. The third-order valence-corrected chi connectivity index (χ3v) is 3.18. The van der Waals surface area contributed by atoms with E-state index < -0.39 is 0 Å². The highest BCUT2D eigenvalue weighted by molar-refractivity contribution is 5.68. The number of hydrogen-bond acceptors (Lipinski definition) is 3. The van der Waals surface area contributed by atoms with Gasteiger partial charge in [-0.15, -0.1) is 0 Å². The maximum absolute atomic E-state index is 5.41. The normalized spacial score (nSPS) is 10.1. The van der Waals surface area contributed by atoms with Crippen LogP contribution in [-0.4, -0.2) is 14.2 Å². The van der Waals surface area contributed by atoms with Crippen molar-refractivity contribution in [3.05, 3.63) is 47.5 Å². The molecule has 100 valence electrons. The maximum atomic E-state index is 5.41. The Bertz CT molecular complexity index is 562. The summed E-state index contributed by atoms with van der Waals surface area (Å²) < 4.78 is 10.6. The molecule has 0 heterocycles. The van der Waals surface area contributed by atoms with Crippen LogP contribution >= 0.6 is 0 Å².